The van der Waals surface area contributed by atoms with Gasteiger partial charge < -0.3 is 10.5 Å². The first-order chi connectivity index (χ1) is 7.12. The molecule has 0 bridgehead atoms. The van der Waals surface area contributed by atoms with E-state index in [2.05, 4.69) is 0 Å². The van der Waals surface area contributed by atoms with Crippen LogP contribution >= 0.6 is 11.6 Å². The van der Waals surface area contributed by atoms with Crippen LogP contribution in [0, 0.1) is 5.82 Å². The zero-order chi connectivity index (χ0) is 10.9. The maximum Gasteiger partial charge on any atom is 0.129 e. The number of hydrogen-bond acceptors (Lipinski definition) is 2. The molecule has 2 nitrogen and oxygen atoms in total. The summed E-state index contributed by atoms with van der Waals surface area (Å²) in [5.74, 6) is -0.351. The van der Waals surface area contributed by atoms with Crippen LogP contribution in [-0.2, 0) is 10.3 Å². The smallest absolute Gasteiger partial charge is 0.129 e. The molecule has 1 heterocycles. The first kappa shape index (κ1) is 10.9. The summed E-state index contributed by atoms with van der Waals surface area (Å²) in [5.41, 5.74) is 5.91. The van der Waals surface area contributed by atoms with Gasteiger partial charge in [0.25, 0.3) is 0 Å². The lowest BCUT2D eigenvalue weighted by atomic mass is 9.85. The number of nitrogens with two attached hydrogens (primary N) is 1. The molecule has 15 heavy (non-hydrogen) atoms. The largest absolute Gasteiger partial charge is 0.379 e. The highest BCUT2D eigenvalue weighted by Crippen LogP contribution is 2.30. The molecule has 1 saturated heterocycles. The summed E-state index contributed by atoms with van der Waals surface area (Å²) in [4.78, 5) is 0. The van der Waals surface area contributed by atoms with E-state index in [4.69, 9.17) is 22.1 Å². The Bertz CT molecular complexity index is 364. The van der Waals surface area contributed by atoms with Crippen LogP contribution in [0.15, 0.2) is 18.2 Å². The molecule has 1 aromatic rings. The maximum absolute atomic E-state index is 13.7. The maximum atomic E-state index is 13.7. The van der Waals surface area contributed by atoms with Crippen LogP contribution in [0.1, 0.15) is 18.4 Å². The molecule has 0 radical (unpaired) electrons. The van der Waals surface area contributed by atoms with Crippen LogP contribution in [-0.4, -0.2) is 13.2 Å². The molecule has 0 aromatic heterocycles. The van der Waals surface area contributed by atoms with Crippen LogP contribution in [0.5, 0.6) is 0 Å². The summed E-state index contributed by atoms with van der Waals surface area (Å²) in [6.45, 7) is 1.07. The Kier molecular flexibility index (Phi) is 2.96. The Morgan fingerprint density at radius 2 is 2.27 bits per heavy atom. The quantitative estimate of drug-likeness (QED) is 0.803. The average Bonchev–Trinajstić information content (AvgIpc) is 2.18. The van der Waals surface area contributed by atoms with Crippen molar-refractivity contribution < 1.29 is 9.13 Å². The van der Waals surface area contributed by atoms with E-state index >= 15 is 0 Å². The van der Waals surface area contributed by atoms with Crippen molar-refractivity contribution in [2.75, 3.05) is 13.2 Å². The number of hydrogen-bond donors (Lipinski definition) is 1. The van der Waals surface area contributed by atoms with Crippen molar-refractivity contribution in [3.05, 3.63) is 34.6 Å². The molecule has 4 heteroatoms. The lowest BCUT2D eigenvalue weighted by Gasteiger charge is -2.33. The minimum atomic E-state index is -0.701. The molecule has 0 amide bonds. The van der Waals surface area contributed by atoms with Gasteiger partial charge in [0.05, 0.1) is 12.1 Å². The fourth-order valence-corrected chi connectivity index (χ4v) is 2.08. The topological polar surface area (TPSA) is 35.2 Å². The highest BCUT2D eigenvalue weighted by molar-refractivity contribution is 6.30. The molecule has 1 aromatic carbocycles. The Balaban J connectivity index is 2.35. The average molecular weight is 230 g/mol. The van der Waals surface area contributed by atoms with Crippen molar-refractivity contribution in [2.45, 2.75) is 18.4 Å². The summed E-state index contributed by atoms with van der Waals surface area (Å²) < 4.78 is 19.0. The lowest BCUT2D eigenvalue weighted by Crippen LogP contribution is -2.45. The van der Waals surface area contributed by atoms with Crippen molar-refractivity contribution in [1.82, 2.24) is 0 Å². The normalized spacial score (nSPS) is 26.6. The second-order valence-corrected chi connectivity index (χ2v) is 4.37. The Labute approximate surface area is 93.2 Å². The molecular weight excluding hydrogens is 217 g/mol. The zero-order valence-electron chi connectivity index (χ0n) is 8.30. The molecule has 1 fully saturated rings. The molecule has 2 N–H and O–H groups in total. The molecule has 0 spiro atoms. The van der Waals surface area contributed by atoms with E-state index in [-0.39, 0.29) is 5.82 Å². The van der Waals surface area contributed by atoms with Gasteiger partial charge in [-0.15, -0.1) is 0 Å². The molecule has 1 unspecified atom stereocenters. The van der Waals surface area contributed by atoms with Crippen molar-refractivity contribution in [3.8, 4) is 0 Å². The summed E-state index contributed by atoms with van der Waals surface area (Å²) in [7, 11) is 0. The van der Waals surface area contributed by atoms with Gasteiger partial charge in [-0.1, -0.05) is 17.7 Å². The van der Waals surface area contributed by atoms with Crippen molar-refractivity contribution in [1.29, 1.82) is 0 Å². The number of halogens is 2. The first-order valence-corrected chi connectivity index (χ1v) is 5.32. The van der Waals surface area contributed by atoms with E-state index in [1.165, 1.54) is 6.07 Å². The summed E-state index contributed by atoms with van der Waals surface area (Å²) >= 11 is 5.69. The Morgan fingerprint density at radius 3 is 2.87 bits per heavy atom. The van der Waals surface area contributed by atoms with Crippen molar-refractivity contribution >= 4 is 11.6 Å². The van der Waals surface area contributed by atoms with E-state index in [1.54, 1.807) is 12.1 Å². The fourth-order valence-electron chi connectivity index (χ4n) is 1.92. The minimum absolute atomic E-state index is 0.351. The van der Waals surface area contributed by atoms with Crippen molar-refractivity contribution in [2.24, 2.45) is 5.73 Å². The van der Waals surface area contributed by atoms with Crippen LogP contribution in [0.2, 0.25) is 5.02 Å². The Morgan fingerprint density at radius 1 is 1.47 bits per heavy atom. The van der Waals surface area contributed by atoms with Gasteiger partial charge >= 0.3 is 0 Å². The third kappa shape index (κ3) is 2.14. The van der Waals surface area contributed by atoms with Crippen LogP contribution < -0.4 is 5.73 Å². The summed E-state index contributed by atoms with van der Waals surface area (Å²) in [5, 5.41) is 0.386. The third-order valence-corrected chi connectivity index (χ3v) is 2.97. The van der Waals surface area contributed by atoms with E-state index in [0.29, 0.717) is 23.8 Å². The standard InChI is InChI=1S/C11H13ClFNO/c12-8-2-3-9(10(13)6-8)11(14)4-1-5-15-7-11/h2-3,6H,1,4-5,7,14H2. The van der Waals surface area contributed by atoms with E-state index < -0.39 is 5.54 Å². The monoisotopic (exact) mass is 229 g/mol. The fraction of sp³-hybridized carbons (Fsp3) is 0.455. The molecule has 1 aliphatic rings. The lowest BCUT2D eigenvalue weighted by molar-refractivity contribution is 0.0352. The van der Waals surface area contributed by atoms with E-state index in [9.17, 15) is 4.39 Å². The van der Waals surface area contributed by atoms with Gasteiger partial charge in [0.15, 0.2) is 0 Å². The van der Waals surface area contributed by atoms with Gasteiger partial charge in [0.1, 0.15) is 5.82 Å². The van der Waals surface area contributed by atoms with E-state index in [1.807, 2.05) is 0 Å². The van der Waals surface area contributed by atoms with Gasteiger partial charge in [0.2, 0.25) is 0 Å². The third-order valence-electron chi connectivity index (χ3n) is 2.74. The van der Waals surface area contributed by atoms with Crippen molar-refractivity contribution in [3.63, 3.8) is 0 Å². The predicted molar refractivity (Wildman–Crippen MR) is 57.3 cm³/mol. The molecule has 82 valence electrons. The number of rotatable bonds is 1. The molecule has 1 aliphatic heterocycles. The summed E-state index contributed by atoms with van der Waals surface area (Å²) in [6.07, 6.45) is 1.60. The SMILES string of the molecule is NC1(c2ccc(Cl)cc2F)CCCOC1. The zero-order valence-corrected chi connectivity index (χ0v) is 9.06. The summed E-state index contributed by atoms with van der Waals surface area (Å²) in [6, 6.07) is 4.59. The van der Waals surface area contributed by atoms with Gasteiger partial charge in [-0.05, 0) is 25.0 Å². The molecular formula is C11H13ClFNO. The molecule has 1 atom stereocenters. The van der Waals surface area contributed by atoms with Crippen LogP contribution in [0.4, 0.5) is 4.39 Å². The Hall–Kier alpha value is -0.640. The highest BCUT2D eigenvalue weighted by Gasteiger charge is 2.32. The molecule has 0 aliphatic carbocycles. The van der Waals surface area contributed by atoms with E-state index in [0.717, 1.165) is 12.8 Å². The van der Waals surface area contributed by atoms with Gasteiger partial charge in [-0.3, -0.25) is 0 Å². The minimum Gasteiger partial charge on any atom is -0.379 e. The molecule has 0 saturated carbocycles. The van der Waals surface area contributed by atoms with Crippen LogP contribution in [0.25, 0.3) is 0 Å². The number of ether oxygens (including phenoxy) is 1. The van der Waals surface area contributed by atoms with Gasteiger partial charge in [0, 0.05) is 17.2 Å². The highest BCUT2D eigenvalue weighted by atomic mass is 35.5. The molecule has 2 rings (SSSR count). The van der Waals surface area contributed by atoms with Crippen LogP contribution in [0.3, 0.4) is 0 Å². The second kappa shape index (κ2) is 4.08. The number of benzene rings is 1. The first-order valence-electron chi connectivity index (χ1n) is 4.94. The van der Waals surface area contributed by atoms with Gasteiger partial charge in [-0.2, -0.15) is 0 Å². The van der Waals surface area contributed by atoms with Gasteiger partial charge in [-0.25, -0.2) is 4.39 Å². The predicted octanol–water partition coefficient (Wildman–Crippen LogP) is 2.44. The second-order valence-electron chi connectivity index (χ2n) is 3.94.